The normalized spacial score (nSPS) is 16.0. The zero-order valence-electron chi connectivity index (χ0n) is 17.9. The molecule has 0 bridgehead atoms. The Labute approximate surface area is 175 Å². The highest BCUT2D eigenvalue weighted by Crippen LogP contribution is 2.31. The highest BCUT2D eigenvalue weighted by molar-refractivity contribution is 7.99. The topological polar surface area (TPSA) is 18.5 Å². The molecule has 0 atom stereocenters. The van der Waals surface area contributed by atoms with Crippen LogP contribution in [0.15, 0.2) is 52.3 Å². The molecule has 1 saturated heterocycles. The van der Waals surface area contributed by atoms with E-state index in [0.29, 0.717) is 6.04 Å². The van der Waals surface area contributed by atoms with Gasteiger partial charge in [0.25, 0.3) is 0 Å². The maximum Gasteiger partial charge on any atom is 0.0234 e. The first-order chi connectivity index (χ1) is 13.5. The molecule has 1 fully saturated rings. The average molecular weight is 398 g/mol. The van der Waals surface area contributed by atoms with Gasteiger partial charge in [0, 0.05) is 55.1 Å². The van der Waals surface area contributed by atoms with Crippen molar-refractivity contribution in [3.63, 3.8) is 0 Å². The Hall–Kier alpha value is -1.33. The Morgan fingerprint density at radius 3 is 2.36 bits per heavy atom. The van der Waals surface area contributed by atoms with E-state index >= 15 is 0 Å². The van der Waals surface area contributed by atoms with E-state index in [2.05, 4.69) is 85.3 Å². The van der Waals surface area contributed by atoms with Crippen LogP contribution in [0.1, 0.15) is 37.5 Å². The van der Waals surface area contributed by atoms with Crippen LogP contribution in [0.5, 0.6) is 0 Å². The van der Waals surface area contributed by atoms with Crippen LogP contribution < -0.4 is 5.32 Å². The summed E-state index contributed by atoms with van der Waals surface area (Å²) in [6.07, 6.45) is 0. The van der Waals surface area contributed by atoms with Gasteiger partial charge in [-0.3, -0.25) is 9.80 Å². The summed E-state index contributed by atoms with van der Waals surface area (Å²) < 4.78 is 0. The molecule has 1 aliphatic heterocycles. The highest BCUT2D eigenvalue weighted by Gasteiger charge is 2.19. The average Bonchev–Trinajstić information content (AvgIpc) is 2.70. The largest absolute Gasteiger partial charge is 0.313 e. The molecule has 0 radical (unpaired) electrons. The van der Waals surface area contributed by atoms with E-state index in [0.717, 1.165) is 19.6 Å². The first-order valence-corrected chi connectivity index (χ1v) is 11.4. The van der Waals surface area contributed by atoms with Gasteiger partial charge in [-0.2, -0.15) is 0 Å². The number of rotatable bonds is 8. The number of nitrogens with zero attached hydrogens (tertiary/aromatic N) is 2. The Bertz CT molecular complexity index is 734. The molecule has 0 amide bonds. The number of piperazine rings is 1. The zero-order chi connectivity index (χ0) is 19.9. The molecule has 1 heterocycles. The second-order valence-electron chi connectivity index (χ2n) is 8.04. The van der Waals surface area contributed by atoms with Crippen LogP contribution in [0.3, 0.4) is 0 Å². The molecule has 28 heavy (non-hydrogen) atoms. The molecule has 4 heteroatoms. The molecule has 152 valence electrons. The third-order valence-corrected chi connectivity index (χ3v) is 6.61. The van der Waals surface area contributed by atoms with Crippen LogP contribution in [0.25, 0.3) is 0 Å². The molecule has 0 saturated carbocycles. The molecule has 1 N–H and O–H groups in total. The third-order valence-electron chi connectivity index (χ3n) is 5.48. The van der Waals surface area contributed by atoms with Crippen LogP contribution in [0.4, 0.5) is 0 Å². The molecule has 1 aliphatic rings. The molecular weight excluding hydrogens is 362 g/mol. The van der Waals surface area contributed by atoms with Crippen molar-refractivity contribution in [1.29, 1.82) is 0 Å². The predicted octanol–water partition coefficient (Wildman–Crippen LogP) is 4.78. The Morgan fingerprint density at radius 2 is 1.71 bits per heavy atom. The summed E-state index contributed by atoms with van der Waals surface area (Å²) in [5.41, 5.74) is 4.15. The van der Waals surface area contributed by atoms with Crippen LogP contribution in [-0.4, -0.2) is 48.6 Å². The van der Waals surface area contributed by atoms with Gasteiger partial charge in [-0.1, -0.05) is 48.5 Å². The van der Waals surface area contributed by atoms with Crippen molar-refractivity contribution in [2.45, 2.75) is 56.6 Å². The van der Waals surface area contributed by atoms with Gasteiger partial charge in [0.2, 0.25) is 0 Å². The van der Waals surface area contributed by atoms with Gasteiger partial charge in [0.1, 0.15) is 0 Å². The summed E-state index contributed by atoms with van der Waals surface area (Å²) in [6.45, 7) is 16.6. The molecule has 3 rings (SSSR count). The van der Waals surface area contributed by atoms with E-state index in [4.69, 9.17) is 0 Å². The predicted molar refractivity (Wildman–Crippen MR) is 121 cm³/mol. The van der Waals surface area contributed by atoms with Crippen molar-refractivity contribution >= 4 is 11.8 Å². The van der Waals surface area contributed by atoms with Crippen LogP contribution in [0, 0.1) is 6.92 Å². The minimum absolute atomic E-state index is 0.659. The fourth-order valence-electron chi connectivity index (χ4n) is 3.66. The molecular formula is C24H35N3S. The number of hydrogen-bond donors (Lipinski definition) is 1. The number of benzene rings is 2. The van der Waals surface area contributed by atoms with E-state index in [9.17, 15) is 0 Å². The Balaban J connectivity index is 1.68. The van der Waals surface area contributed by atoms with E-state index in [1.54, 1.807) is 0 Å². The zero-order valence-corrected chi connectivity index (χ0v) is 18.7. The number of hydrogen-bond acceptors (Lipinski definition) is 4. The van der Waals surface area contributed by atoms with Gasteiger partial charge >= 0.3 is 0 Å². The highest BCUT2D eigenvalue weighted by atomic mass is 32.2. The first-order valence-electron chi connectivity index (χ1n) is 10.6. The monoisotopic (exact) mass is 397 g/mol. The van der Waals surface area contributed by atoms with Crippen molar-refractivity contribution < 1.29 is 0 Å². The molecule has 0 unspecified atom stereocenters. The summed E-state index contributed by atoms with van der Waals surface area (Å²) in [6, 6.07) is 16.5. The van der Waals surface area contributed by atoms with Crippen molar-refractivity contribution in [2.24, 2.45) is 0 Å². The fourth-order valence-corrected chi connectivity index (χ4v) is 4.58. The van der Waals surface area contributed by atoms with E-state index in [-0.39, 0.29) is 0 Å². The smallest absolute Gasteiger partial charge is 0.0234 e. The molecule has 0 aromatic heterocycles. The minimum Gasteiger partial charge on any atom is -0.313 e. The molecule has 2 aromatic carbocycles. The minimum atomic E-state index is 0.659. The van der Waals surface area contributed by atoms with Gasteiger partial charge in [-0.25, -0.2) is 0 Å². The van der Waals surface area contributed by atoms with Gasteiger partial charge < -0.3 is 5.32 Å². The van der Waals surface area contributed by atoms with Crippen molar-refractivity contribution in [3.05, 3.63) is 59.2 Å². The summed E-state index contributed by atoms with van der Waals surface area (Å²) in [5.74, 6) is 0. The Kier molecular flexibility index (Phi) is 7.98. The summed E-state index contributed by atoms with van der Waals surface area (Å²) in [5, 5.41) is 3.52. The van der Waals surface area contributed by atoms with E-state index in [1.807, 2.05) is 11.8 Å². The van der Waals surface area contributed by atoms with E-state index in [1.165, 1.54) is 52.7 Å². The first kappa shape index (κ1) is 21.4. The van der Waals surface area contributed by atoms with Gasteiger partial charge in [-0.05, 0) is 56.6 Å². The standard InChI is InChI=1S/C24H35N3S/c1-5-25-17-22-16-21(18-26-12-14-27(15-13-26)19(2)3)8-11-24(22)28-23-9-6-20(4)7-10-23/h6-11,16,19,25H,5,12-15,17-18H2,1-4H3. The van der Waals surface area contributed by atoms with Crippen molar-refractivity contribution in [1.82, 2.24) is 15.1 Å². The van der Waals surface area contributed by atoms with E-state index < -0.39 is 0 Å². The lowest BCUT2D eigenvalue weighted by Crippen LogP contribution is -2.48. The van der Waals surface area contributed by atoms with Gasteiger partial charge in [-0.15, -0.1) is 0 Å². The maximum atomic E-state index is 3.52. The van der Waals surface area contributed by atoms with Crippen molar-refractivity contribution in [2.75, 3.05) is 32.7 Å². The maximum absolute atomic E-state index is 3.52. The SMILES string of the molecule is CCNCc1cc(CN2CCN(C(C)C)CC2)ccc1Sc1ccc(C)cc1. The number of nitrogens with one attached hydrogen (secondary N) is 1. The lowest BCUT2D eigenvalue weighted by atomic mass is 10.1. The summed E-state index contributed by atoms with van der Waals surface area (Å²) in [4.78, 5) is 7.84. The second-order valence-corrected chi connectivity index (χ2v) is 9.16. The summed E-state index contributed by atoms with van der Waals surface area (Å²) in [7, 11) is 0. The van der Waals surface area contributed by atoms with Gasteiger partial charge in [0.15, 0.2) is 0 Å². The van der Waals surface area contributed by atoms with Crippen LogP contribution in [-0.2, 0) is 13.1 Å². The molecule has 0 spiro atoms. The lowest BCUT2D eigenvalue weighted by Gasteiger charge is -2.37. The summed E-state index contributed by atoms with van der Waals surface area (Å²) >= 11 is 1.87. The molecule has 3 nitrogen and oxygen atoms in total. The third kappa shape index (κ3) is 6.08. The quantitative estimate of drug-likeness (QED) is 0.690. The number of aryl methyl sites for hydroxylation is 1. The molecule has 0 aliphatic carbocycles. The van der Waals surface area contributed by atoms with Crippen molar-refractivity contribution in [3.8, 4) is 0 Å². The second kappa shape index (κ2) is 10.4. The fraction of sp³-hybridized carbons (Fsp3) is 0.500. The Morgan fingerprint density at radius 1 is 1.00 bits per heavy atom. The lowest BCUT2D eigenvalue weighted by molar-refractivity contribution is 0.104. The van der Waals surface area contributed by atoms with Crippen LogP contribution >= 0.6 is 11.8 Å². The van der Waals surface area contributed by atoms with Gasteiger partial charge in [0.05, 0.1) is 0 Å². The van der Waals surface area contributed by atoms with Crippen LogP contribution in [0.2, 0.25) is 0 Å². The molecule has 2 aromatic rings.